The van der Waals surface area contributed by atoms with Gasteiger partial charge in [-0.1, -0.05) is 23.7 Å². The molecule has 10 heteroatoms. The second-order valence-electron chi connectivity index (χ2n) is 6.96. The zero-order valence-corrected chi connectivity index (χ0v) is 19.0. The average molecular weight is 553 g/mol. The predicted octanol–water partition coefficient (Wildman–Crippen LogP) is 4.07. The van der Waals surface area contributed by atoms with Crippen molar-refractivity contribution in [2.75, 3.05) is 19.6 Å². The molecule has 2 aromatic carbocycles. The van der Waals surface area contributed by atoms with Crippen LogP contribution in [0.15, 0.2) is 47.4 Å². The van der Waals surface area contributed by atoms with E-state index >= 15 is 0 Å². The Hall–Kier alpha value is -1.43. The Balaban J connectivity index is 1.86. The van der Waals surface area contributed by atoms with Crippen molar-refractivity contribution in [1.82, 2.24) is 9.62 Å². The maximum Gasteiger partial charge on any atom is 0.407 e. The van der Waals surface area contributed by atoms with E-state index in [0.29, 0.717) is 25.9 Å². The van der Waals surface area contributed by atoms with Gasteiger partial charge in [0, 0.05) is 28.6 Å². The number of nitrogens with one attached hydrogen (secondary N) is 1. The number of halogens is 3. The summed E-state index contributed by atoms with van der Waals surface area (Å²) >= 11 is 7.91. The van der Waals surface area contributed by atoms with Crippen LogP contribution in [0.2, 0.25) is 5.02 Å². The molecular formula is C19H19ClFIN2O4S. The molecule has 2 N–H and O–H groups in total. The van der Waals surface area contributed by atoms with Crippen molar-refractivity contribution in [2.24, 2.45) is 0 Å². The quantitative estimate of drug-likeness (QED) is 0.548. The summed E-state index contributed by atoms with van der Waals surface area (Å²) in [5, 5.41) is 8.97. The fourth-order valence-corrected chi connectivity index (χ4v) is 5.22. The van der Waals surface area contributed by atoms with Crippen molar-refractivity contribution >= 4 is 50.3 Å². The fourth-order valence-electron chi connectivity index (χ4n) is 3.46. The van der Waals surface area contributed by atoms with E-state index in [4.69, 9.17) is 11.6 Å². The molecule has 1 aliphatic rings. The van der Waals surface area contributed by atoms with Gasteiger partial charge in [-0.3, -0.25) is 0 Å². The van der Waals surface area contributed by atoms with E-state index in [1.54, 1.807) is 0 Å². The van der Waals surface area contributed by atoms with Gasteiger partial charge < -0.3 is 10.0 Å². The van der Waals surface area contributed by atoms with Crippen LogP contribution in [-0.2, 0) is 15.4 Å². The monoisotopic (exact) mass is 552 g/mol. The molecule has 1 amide bonds. The average Bonchev–Trinajstić information content (AvgIpc) is 2.69. The highest BCUT2D eigenvalue weighted by atomic mass is 127. The molecule has 0 saturated carbocycles. The van der Waals surface area contributed by atoms with Crippen LogP contribution in [0.5, 0.6) is 0 Å². The summed E-state index contributed by atoms with van der Waals surface area (Å²) in [4.78, 5) is 12.5. The molecular weight excluding hydrogens is 534 g/mol. The minimum atomic E-state index is -3.92. The van der Waals surface area contributed by atoms with Gasteiger partial charge >= 0.3 is 6.09 Å². The van der Waals surface area contributed by atoms with Crippen molar-refractivity contribution < 1.29 is 22.7 Å². The molecule has 1 aliphatic heterocycles. The van der Waals surface area contributed by atoms with E-state index in [1.165, 1.54) is 4.90 Å². The lowest BCUT2D eigenvalue weighted by atomic mass is 9.73. The number of hydrogen-bond acceptors (Lipinski definition) is 3. The Morgan fingerprint density at radius 3 is 2.38 bits per heavy atom. The zero-order valence-electron chi connectivity index (χ0n) is 15.2. The van der Waals surface area contributed by atoms with E-state index in [9.17, 15) is 22.7 Å². The SMILES string of the molecule is O=C(O)N1CCC(CNS(=O)(=O)c2ccc(F)c(Cl)c2)(c2ccc(I)cc2)CC1. The third-order valence-electron chi connectivity index (χ3n) is 5.25. The van der Waals surface area contributed by atoms with Gasteiger partial charge in [0.25, 0.3) is 0 Å². The van der Waals surface area contributed by atoms with Crippen LogP contribution in [-0.4, -0.2) is 44.2 Å². The molecule has 0 radical (unpaired) electrons. The summed E-state index contributed by atoms with van der Waals surface area (Å²) in [7, 11) is -3.92. The largest absolute Gasteiger partial charge is 0.465 e. The van der Waals surface area contributed by atoms with Crippen LogP contribution in [0.4, 0.5) is 9.18 Å². The summed E-state index contributed by atoms with van der Waals surface area (Å²) in [5.41, 5.74) is 0.399. The number of likely N-dealkylation sites (tertiary alicyclic amines) is 1. The smallest absolute Gasteiger partial charge is 0.407 e. The highest BCUT2D eigenvalue weighted by Crippen LogP contribution is 2.36. The van der Waals surface area contributed by atoms with E-state index in [0.717, 1.165) is 27.3 Å². The normalized spacial score (nSPS) is 16.6. The summed E-state index contributed by atoms with van der Waals surface area (Å²) < 4.78 is 42.5. The lowest BCUT2D eigenvalue weighted by Gasteiger charge is -2.41. The third-order valence-corrected chi connectivity index (χ3v) is 7.66. The number of benzene rings is 2. The first-order valence-corrected chi connectivity index (χ1v) is 11.8. The van der Waals surface area contributed by atoms with Gasteiger partial charge in [0.2, 0.25) is 10.0 Å². The molecule has 1 heterocycles. The zero-order chi connectivity index (χ0) is 21.2. The second-order valence-corrected chi connectivity index (χ2v) is 10.4. The summed E-state index contributed by atoms with van der Waals surface area (Å²) in [5.74, 6) is -0.693. The van der Waals surface area contributed by atoms with Gasteiger partial charge in [0.15, 0.2) is 0 Å². The highest BCUT2D eigenvalue weighted by molar-refractivity contribution is 14.1. The minimum absolute atomic E-state index is 0.0956. The van der Waals surface area contributed by atoms with Crippen LogP contribution < -0.4 is 4.72 Å². The number of carbonyl (C=O) groups is 1. The molecule has 0 unspecified atom stereocenters. The molecule has 29 heavy (non-hydrogen) atoms. The van der Waals surface area contributed by atoms with Gasteiger partial charge in [0.05, 0.1) is 9.92 Å². The Kier molecular flexibility index (Phi) is 6.71. The summed E-state index contributed by atoms with van der Waals surface area (Å²) in [6, 6.07) is 11.0. The summed E-state index contributed by atoms with van der Waals surface area (Å²) in [6.07, 6.45) is -0.0261. The number of hydrogen-bond donors (Lipinski definition) is 2. The fraction of sp³-hybridized carbons (Fsp3) is 0.316. The topological polar surface area (TPSA) is 86.7 Å². The second kappa shape index (κ2) is 8.75. The van der Waals surface area contributed by atoms with E-state index in [-0.39, 0.29) is 16.5 Å². The maximum absolute atomic E-state index is 13.4. The molecule has 6 nitrogen and oxygen atoms in total. The third kappa shape index (κ3) is 5.01. The molecule has 156 valence electrons. The first-order valence-electron chi connectivity index (χ1n) is 8.82. The van der Waals surface area contributed by atoms with Gasteiger partial charge in [-0.15, -0.1) is 0 Å². The van der Waals surface area contributed by atoms with Gasteiger partial charge in [-0.2, -0.15) is 0 Å². The van der Waals surface area contributed by atoms with Crippen LogP contribution in [0.25, 0.3) is 0 Å². The highest BCUT2D eigenvalue weighted by Gasteiger charge is 2.38. The number of rotatable bonds is 5. The van der Waals surface area contributed by atoms with Crippen LogP contribution in [0, 0.1) is 9.39 Å². The standard InChI is InChI=1S/C19H19ClFIN2O4S/c20-16-11-15(5-6-17(16)21)29(27,28)23-12-19(13-1-3-14(22)4-2-13)7-9-24(10-8-19)18(25)26/h1-6,11,23H,7-10,12H2,(H,25,26). The van der Waals surface area contributed by atoms with Crippen molar-refractivity contribution in [2.45, 2.75) is 23.2 Å². The minimum Gasteiger partial charge on any atom is -0.465 e. The maximum atomic E-state index is 13.4. The first kappa shape index (κ1) is 22.3. The number of carboxylic acid groups (broad SMARTS) is 1. The Labute approximate surface area is 187 Å². The molecule has 0 atom stereocenters. The van der Waals surface area contributed by atoms with E-state index in [1.807, 2.05) is 24.3 Å². The lowest BCUT2D eigenvalue weighted by Crippen LogP contribution is -2.50. The molecule has 0 spiro atoms. The first-order chi connectivity index (χ1) is 13.6. The van der Waals surface area contributed by atoms with E-state index in [2.05, 4.69) is 27.3 Å². The number of amides is 1. The van der Waals surface area contributed by atoms with Crippen LogP contribution >= 0.6 is 34.2 Å². The molecule has 0 aliphatic carbocycles. The van der Waals surface area contributed by atoms with Crippen molar-refractivity contribution in [3.05, 3.63) is 62.4 Å². The molecule has 2 aromatic rings. The number of piperidine rings is 1. The Morgan fingerprint density at radius 1 is 1.21 bits per heavy atom. The predicted molar refractivity (Wildman–Crippen MR) is 116 cm³/mol. The van der Waals surface area contributed by atoms with Gasteiger partial charge in [-0.25, -0.2) is 22.3 Å². The van der Waals surface area contributed by atoms with Crippen molar-refractivity contribution in [3.8, 4) is 0 Å². The Morgan fingerprint density at radius 2 is 1.83 bits per heavy atom. The van der Waals surface area contributed by atoms with E-state index < -0.39 is 27.3 Å². The van der Waals surface area contributed by atoms with Crippen molar-refractivity contribution in [3.63, 3.8) is 0 Å². The molecule has 1 fully saturated rings. The number of sulfonamides is 1. The number of nitrogens with zero attached hydrogens (tertiary/aromatic N) is 1. The molecule has 3 rings (SSSR count). The molecule has 0 aromatic heterocycles. The molecule has 0 bridgehead atoms. The van der Waals surface area contributed by atoms with Crippen LogP contribution in [0.1, 0.15) is 18.4 Å². The Bertz CT molecular complexity index is 1010. The van der Waals surface area contributed by atoms with Gasteiger partial charge in [0.1, 0.15) is 5.82 Å². The van der Waals surface area contributed by atoms with Crippen molar-refractivity contribution in [1.29, 1.82) is 0 Å². The lowest BCUT2D eigenvalue weighted by molar-refractivity contribution is 0.116. The van der Waals surface area contributed by atoms with Crippen LogP contribution in [0.3, 0.4) is 0 Å². The van der Waals surface area contributed by atoms with Gasteiger partial charge in [-0.05, 0) is 71.3 Å². The summed E-state index contributed by atoms with van der Waals surface area (Å²) in [6.45, 7) is 0.717. The molecule has 1 saturated heterocycles.